The van der Waals surface area contributed by atoms with Gasteiger partial charge in [-0.2, -0.15) is 0 Å². The van der Waals surface area contributed by atoms with Gasteiger partial charge in [-0.05, 0) is 30.0 Å². The van der Waals surface area contributed by atoms with Gasteiger partial charge >= 0.3 is 0 Å². The van der Waals surface area contributed by atoms with Crippen molar-refractivity contribution in [1.82, 2.24) is 14.5 Å². The standard InChI is InChI=1S/C16H21N3O5S3/c1-19(2)27(22,23)14-5-3-4-12(8-14)10-25-16-18-17-15(24-16)9-13-6-7-26(20,21)11-13/h3-5,8,13H,6-7,9-11H2,1-2H3/t13-/m1/s1. The van der Waals surface area contributed by atoms with E-state index < -0.39 is 19.9 Å². The zero-order valence-electron chi connectivity index (χ0n) is 15.0. The predicted molar refractivity (Wildman–Crippen MR) is 102 cm³/mol. The molecule has 1 fully saturated rings. The van der Waals surface area contributed by atoms with Gasteiger partial charge in [0.25, 0.3) is 5.22 Å². The van der Waals surface area contributed by atoms with E-state index in [1.807, 2.05) is 6.07 Å². The third kappa shape index (κ3) is 5.09. The quantitative estimate of drug-likeness (QED) is 0.608. The van der Waals surface area contributed by atoms with E-state index in [2.05, 4.69) is 10.2 Å². The lowest BCUT2D eigenvalue weighted by atomic mass is 10.1. The van der Waals surface area contributed by atoms with Gasteiger partial charge in [0.15, 0.2) is 9.84 Å². The summed E-state index contributed by atoms with van der Waals surface area (Å²) in [6, 6.07) is 6.72. The molecule has 1 aromatic heterocycles. The van der Waals surface area contributed by atoms with Gasteiger partial charge in [0.05, 0.1) is 16.4 Å². The van der Waals surface area contributed by atoms with Gasteiger partial charge in [-0.1, -0.05) is 23.9 Å². The van der Waals surface area contributed by atoms with Gasteiger partial charge < -0.3 is 4.42 Å². The summed E-state index contributed by atoms with van der Waals surface area (Å²) in [5.41, 5.74) is 0.824. The van der Waals surface area contributed by atoms with E-state index in [4.69, 9.17) is 4.42 Å². The molecule has 0 saturated carbocycles. The molecule has 0 bridgehead atoms. The van der Waals surface area contributed by atoms with Crippen molar-refractivity contribution in [2.75, 3.05) is 25.6 Å². The first-order valence-electron chi connectivity index (χ1n) is 8.33. The van der Waals surface area contributed by atoms with Crippen LogP contribution in [0.25, 0.3) is 0 Å². The molecule has 0 radical (unpaired) electrons. The summed E-state index contributed by atoms with van der Waals surface area (Å²) in [6.07, 6.45) is 1.09. The van der Waals surface area contributed by atoms with Crippen molar-refractivity contribution in [2.24, 2.45) is 5.92 Å². The summed E-state index contributed by atoms with van der Waals surface area (Å²) in [6.45, 7) is 0. The fourth-order valence-corrected chi connectivity index (χ4v) is 6.37. The van der Waals surface area contributed by atoms with Crippen molar-refractivity contribution < 1.29 is 21.3 Å². The fourth-order valence-electron chi connectivity index (χ4n) is 2.81. The molecule has 2 aromatic rings. The summed E-state index contributed by atoms with van der Waals surface area (Å²) in [5.74, 6) is 1.34. The Morgan fingerprint density at radius 3 is 2.74 bits per heavy atom. The molecule has 27 heavy (non-hydrogen) atoms. The van der Waals surface area contributed by atoms with E-state index >= 15 is 0 Å². The predicted octanol–water partition coefficient (Wildman–Crippen LogP) is 1.59. The highest BCUT2D eigenvalue weighted by molar-refractivity contribution is 7.98. The first-order chi connectivity index (χ1) is 12.7. The van der Waals surface area contributed by atoms with Crippen LogP contribution in [-0.2, 0) is 32.0 Å². The lowest BCUT2D eigenvalue weighted by Gasteiger charge is -2.11. The van der Waals surface area contributed by atoms with Crippen LogP contribution in [-0.4, -0.2) is 56.9 Å². The molecule has 0 spiro atoms. The maximum absolute atomic E-state index is 12.2. The number of sulfone groups is 1. The normalized spacial score (nSPS) is 19.6. The molecule has 8 nitrogen and oxygen atoms in total. The van der Waals surface area contributed by atoms with Gasteiger partial charge in [0.2, 0.25) is 15.9 Å². The average molecular weight is 432 g/mol. The van der Waals surface area contributed by atoms with Crippen LogP contribution in [0.2, 0.25) is 0 Å². The Morgan fingerprint density at radius 2 is 2.07 bits per heavy atom. The molecule has 2 heterocycles. The van der Waals surface area contributed by atoms with Crippen LogP contribution in [0.15, 0.2) is 38.8 Å². The molecule has 0 aliphatic carbocycles. The topological polar surface area (TPSA) is 110 Å². The number of sulfonamides is 1. The van der Waals surface area contributed by atoms with Crippen LogP contribution in [0.5, 0.6) is 0 Å². The Labute approximate surface area is 163 Å². The van der Waals surface area contributed by atoms with Crippen LogP contribution in [0, 0.1) is 5.92 Å². The van der Waals surface area contributed by atoms with Crippen LogP contribution >= 0.6 is 11.8 Å². The van der Waals surface area contributed by atoms with Crippen molar-refractivity contribution in [3.05, 3.63) is 35.7 Å². The molecule has 0 N–H and O–H groups in total. The van der Waals surface area contributed by atoms with Crippen molar-refractivity contribution in [3.63, 3.8) is 0 Å². The summed E-state index contributed by atoms with van der Waals surface area (Å²) < 4.78 is 54.2. The van der Waals surface area contributed by atoms with Crippen LogP contribution in [0.3, 0.4) is 0 Å². The van der Waals surface area contributed by atoms with Crippen LogP contribution < -0.4 is 0 Å². The minimum atomic E-state index is -3.48. The zero-order chi connectivity index (χ0) is 19.7. The molecule has 0 unspecified atom stereocenters. The molecule has 3 rings (SSSR count). The summed E-state index contributed by atoms with van der Waals surface area (Å²) in [5, 5.41) is 8.35. The Morgan fingerprint density at radius 1 is 1.30 bits per heavy atom. The van der Waals surface area contributed by atoms with Gasteiger partial charge in [0, 0.05) is 26.3 Å². The van der Waals surface area contributed by atoms with Crippen molar-refractivity contribution in [3.8, 4) is 0 Å². The van der Waals surface area contributed by atoms with E-state index in [9.17, 15) is 16.8 Å². The molecule has 1 aliphatic heterocycles. The number of nitrogens with zero attached hydrogens (tertiary/aromatic N) is 3. The van der Waals surface area contributed by atoms with Crippen molar-refractivity contribution in [1.29, 1.82) is 0 Å². The number of aromatic nitrogens is 2. The minimum Gasteiger partial charge on any atom is -0.416 e. The maximum atomic E-state index is 12.2. The highest BCUT2D eigenvalue weighted by atomic mass is 32.2. The summed E-state index contributed by atoms with van der Waals surface area (Å²) in [7, 11) is -3.42. The SMILES string of the molecule is CN(C)S(=O)(=O)c1cccc(CSc2nnc(C[C@H]3CCS(=O)(=O)C3)o2)c1. The first-order valence-corrected chi connectivity index (χ1v) is 12.6. The molecule has 1 aliphatic rings. The van der Waals surface area contributed by atoms with Gasteiger partial charge in [-0.3, -0.25) is 0 Å². The highest BCUT2D eigenvalue weighted by Crippen LogP contribution is 2.26. The Hall–Kier alpha value is -1.43. The number of hydrogen-bond donors (Lipinski definition) is 0. The number of hydrogen-bond acceptors (Lipinski definition) is 8. The second-order valence-electron chi connectivity index (χ2n) is 6.66. The number of thioether (sulfide) groups is 1. The summed E-state index contributed by atoms with van der Waals surface area (Å²) in [4.78, 5) is 0.235. The third-order valence-corrected chi connectivity index (χ3v) is 8.82. The van der Waals surface area contributed by atoms with E-state index in [1.54, 1.807) is 18.2 Å². The fraction of sp³-hybridized carbons (Fsp3) is 0.500. The summed E-state index contributed by atoms with van der Waals surface area (Å²) >= 11 is 1.31. The molecule has 148 valence electrons. The minimum absolute atomic E-state index is 0.0289. The lowest BCUT2D eigenvalue weighted by molar-refractivity contribution is 0.389. The highest BCUT2D eigenvalue weighted by Gasteiger charge is 2.29. The van der Waals surface area contributed by atoms with Crippen molar-refractivity contribution >= 4 is 31.6 Å². The number of rotatable bonds is 7. The molecule has 1 aromatic carbocycles. The zero-order valence-corrected chi connectivity index (χ0v) is 17.5. The molecule has 0 amide bonds. The van der Waals surface area contributed by atoms with Crippen LogP contribution in [0.4, 0.5) is 0 Å². The number of benzene rings is 1. The molecule has 11 heteroatoms. The van der Waals surface area contributed by atoms with Gasteiger partial charge in [-0.15, -0.1) is 10.2 Å². The Kier molecular flexibility index (Phi) is 5.94. The molecular weight excluding hydrogens is 410 g/mol. The second-order valence-corrected chi connectivity index (χ2v) is 12.0. The van der Waals surface area contributed by atoms with Gasteiger partial charge in [0.1, 0.15) is 0 Å². The molecule has 1 saturated heterocycles. The largest absolute Gasteiger partial charge is 0.416 e. The van der Waals surface area contributed by atoms with Gasteiger partial charge in [-0.25, -0.2) is 21.1 Å². The monoisotopic (exact) mass is 431 g/mol. The first kappa shape index (κ1) is 20.3. The molecular formula is C16H21N3O5S3. The van der Waals surface area contributed by atoms with E-state index in [0.29, 0.717) is 29.7 Å². The second kappa shape index (κ2) is 7.90. The van der Waals surface area contributed by atoms with E-state index in [0.717, 1.165) is 5.56 Å². The Bertz CT molecular complexity index is 1020. The smallest absolute Gasteiger partial charge is 0.276 e. The maximum Gasteiger partial charge on any atom is 0.276 e. The van der Waals surface area contributed by atoms with E-state index in [-0.39, 0.29) is 22.3 Å². The lowest BCUT2D eigenvalue weighted by Crippen LogP contribution is -2.22. The average Bonchev–Trinajstić information content (AvgIpc) is 3.19. The molecule has 1 atom stereocenters. The van der Waals surface area contributed by atoms with Crippen molar-refractivity contribution in [2.45, 2.75) is 28.7 Å². The third-order valence-electron chi connectivity index (χ3n) is 4.28. The van der Waals surface area contributed by atoms with E-state index in [1.165, 1.54) is 30.2 Å². The van der Waals surface area contributed by atoms with Crippen LogP contribution in [0.1, 0.15) is 17.9 Å². The Balaban J connectivity index is 1.61.